The highest BCUT2D eigenvalue weighted by molar-refractivity contribution is 9.11. The number of fused-ring (bicyclic) bond motifs is 1. The van der Waals surface area contributed by atoms with Crippen molar-refractivity contribution in [3.8, 4) is 11.5 Å². The first-order valence-electron chi connectivity index (χ1n) is 8.61. The van der Waals surface area contributed by atoms with Crippen molar-refractivity contribution in [3.05, 3.63) is 50.4 Å². The summed E-state index contributed by atoms with van der Waals surface area (Å²) in [4.78, 5) is 26.3. The second-order valence-corrected chi connectivity index (χ2v) is 7.96. The normalized spacial score (nSPS) is 13.1. The average Bonchev–Trinajstić information content (AvgIpc) is 2.88. The number of ketones is 1. The molecule has 7 heteroatoms. The molecule has 142 valence electrons. The minimum absolute atomic E-state index is 0.267. The van der Waals surface area contributed by atoms with Crippen LogP contribution in [0.4, 0.5) is 5.69 Å². The van der Waals surface area contributed by atoms with Gasteiger partial charge >= 0.3 is 0 Å². The fourth-order valence-corrected chi connectivity index (χ4v) is 4.38. The molecule has 1 aliphatic heterocycles. The largest absolute Gasteiger partial charge is 0.493 e. The van der Waals surface area contributed by atoms with E-state index >= 15 is 0 Å². The number of Topliss-reactive ketones (excluding diaryl/α,β-unsaturated/α-hetero) is 1. The van der Waals surface area contributed by atoms with Crippen molar-refractivity contribution in [2.75, 3.05) is 18.6 Å². The molecule has 0 spiro atoms. The summed E-state index contributed by atoms with van der Waals surface area (Å²) < 4.78 is 12.6. The fourth-order valence-electron chi connectivity index (χ4n) is 2.94. The third-order valence-electron chi connectivity index (χ3n) is 4.31. The van der Waals surface area contributed by atoms with E-state index in [1.54, 1.807) is 13.2 Å². The second-order valence-electron chi connectivity index (χ2n) is 6.19. The van der Waals surface area contributed by atoms with Crippen LogP contribution in [0.2, 0.25) is 0 Å². The van der Waals surface area contributed by atoms with E-state index in [9.17, 15) is 9.59 Å². The van der Waals surface area contributed by atoms with E-state index in [0.717, 1.165) is 22.9 Å². The highest BCUT2D eigenvalue weighted by atomic mass is 79.9. The van der Waals surface area contributed by atoms with Gasteiger partial charge in [0.2, 0.25) is 0 Å². The van der Waals surface area contributed by atoms with Crippen molar-refractivity contribution in [1.29, 1.82) is 0 Å². The molecule has 0 saturated heterocycles. The Morgan fingerprint density at radius 3 is 2.56 bits per heavy atom. The zero-order chi connectivity index (χ0) is 19.6. The number of halogens is 2. The molecule has 5 nitrogen and oxygen atoms in total. The average molecular weight is 497 g/mol. The number of ether oxygens (including phenoxy) is 2. The van der Waals surface area contributed by atoms with Crippen LogP contribution in [-0.2, 0) is 11.3 Å². The standard InChI is InChI=1S/C20H19Br2NO4/c1-3-4-7-27-16-6-5-12(8-17(16)26-2)11-23-18-14(19(24)20(23)25)9-13(21)10-15(18)22/h5-6,8-10H,3-4,7,11H2,1-2H3. The molecule has 1 heterocycles. The third-order valence-corrected chi connectivity index (χ3v) is 5.37. The zero-order valence-corrected chi connectivity index (χ0v) is 18.2. The van der Waals surface area contributed by atoms with Crippen LogP contribution in [0.15, 0.2) is 39.3 Å². The lowest BCUT2D eigenvalue weighted by atomic mass is 10.1. The first-order chi connectivity index (χ1) is 13.0. The molecule has 0 radical (unpaired) electrons. The van der Waals surface area contributed by atoms with E-state index < -0.39 is 11.7 Å². The first kappa shape index (κ1) is 19.9. The van der Waals surface area contributed by atoms with Crippen molar-refractivity contribution in [2.24, 2.45) is 0 Å². The predicted molar refractivity (Wildman–Crippen MR) is 111 cm³/mol. The SMILES string of the molecule is CCCCOc1ccc(CN2C(=O)C(=O)c3cc(Br)cc(Br)c32)cc1OC. The first-order valence-corrected chi connectivity index (χ1v) is 10.2. The maximum Gasteiger partial charge on any atom is 0.299 e. The lowest BCUT2D eigenvalue weighted by Crippen LogP contribution is -2.29. The van der Waals surface area contributed by atoms with Crippen LogP contribution < -0.4 is 14.4 Å². The molecule has 1 aliphatic rings. The van der Waals surface area contributed by atoms with Gasteiger partial charge in [0.15, 0.2) is 11.5 Å². The lowest BCUT2D eigenvalue weighted by Gasteiger charge is -2.19. The van der Waals surface area contributed by atoms with Gasteiger partial charge in [-0.2, -0.15) is 0 Å². The number of nitrogens with zero attached hydrogens (tertiary/aromatic N) is 1. The van der Waals surface area contributed by atoms with Gasteiger partial charge in [-0.1, -0.05) is 35.3 Å². The van der Waals surface area contributed by atoms with E-state index in [0.29, 0.717) is 33.8 Å². The van der Waals surface area contributed by atoms with E-state index in [2.05, 4.69) is 38.8 Å². The van der Waals surface area contributed by atoms with Gasteiger partial charge in [-0.25, -0.2) is 0 Å². The van der Waals surface area contributed by atoms with Crippen LogP contribution in [-0.4, -0.2) is 25.4 Å². The minimum atomic E-state index is -0.536. The number of carbonyl (C=O) groups excluding carboxylic acids is 2. The third kappa shape index (κ3) is 4.04. The smallest absolute Gasteiger partial charge is 0.299 e. The van der Waals surface area contributed by atoms with Crippen LogP contribution in [0.25, 0.3) is 0 Å². The van der Waals surface area contributed by atoms with Crippen molar-refractivity contribution in [3.63, 3.8) is 0 Å². The molecule has 27 heavy (non-hydrogen) atoms. The molecule has 0 unspecified atom stereocenters. The Kier molecular flexibility index (Phi) is 6.22. The van der Waals surface area contributed by atoms with Gasteiger partial charge in [0.1, 0.15) is 0 Å². The predicted octanol–water partition coefficient (Wildman–Crippen LogP) is 5.13. The quantitative estimate of drug-likeness (QED) is 0.394. The number of benzene rings is 2. The molecule has 2 aromatic rings. The summed E-state index contributed by atoms with van der Waals surface area (Å²) in [6.07, 6.45) is 2.02. The molecule has 0 fully saturated rings. The maximum atomic E-state index is 12.5. The molecule has 2 aromatic carbocycles. The summed E-state index contributed by atoms with van der Waals surface area (Å²) in [5.74, 6) is 0.241. The monoisotopic (exact) mass is 495 g/mol. The summed E-state index contributed by atoms with van der Waals surface area (Å²) >= 11 is 6.82. The Morgan fingerprint density at radius 2 is 1.85 bits per heavy atom. The number of rotatable bonds is 7. The van der Waals surface area contributed by atoms with Gasteiger partial charge in [-0.15, -0.1) is 0 Å². The highest BCUT2D eigenvalue weighted by Crippen LogP contribution is 2.40. The molecule has 1 amide bonds. The molecule has 0 aliphatic carbocycles. The molecule has 0 atom stereocenters. The lowest BCUT2D eigenvalue weighted by molar-refractivity contribution is -0.114. The fraction of sp³-hybridized carbons (Fsp3) is 0.300. The number of hydrogen-bond acceptors (Lipinski definition) is 4. The second kappa shape index (κ2) is 8.44. The minimum Gasteiger partial charge on any atom is -0.493 e. The summed E-state index contributed by atoms with van der Waals surface area (Å²) in [6, 6.07) is 9.05. The van der Waals surface area contributed by atoms with Crippen molar-refractivity contribution >= 4 is 49.2 Å². The van der Waals surface area contributed by atoms with Crippen LogP contribution in [0.5, 0.6) is 11.5 Å². The van der Waals surface area contributed by atoms with E-state index in [4.69, 9.17) is 9.47 Å². The van der Waals surface area contributed by atoms with Crippen LogP contribution >= 0.6 is 31.9 Å². The van der Waals surface area contributed by atoms with Gasteiger partial charge in [0.25, 0.3) is 11.7 Å². The number of amides is 1. The molecule has 0 N–H and O–H groups in total. The zero-order valence-electron chi connectivity index (χ0n) is 15.1. The van der Waals surface area contributed by atoms with Crippen molar-refractivity contribution in [2.45, 2.75) is 26.3 Å². The Labute approximate surface area is 174 Å². The summed E-state index contributed by atoms with van der Waals surface area (Å²) in [7, 11) is 1.58. The number of hydrogen-bond donors (Lipinski definition) is 0. The summed E-state index contributed by atoms with van der Waals surface area (Å²) in [5.41, 5.74) is 1.83. The van der Waals surface area contributed by atoms with Crippen LogP contribution in [0.3, 0.4) is 0 Å². The van der Waals surface area contributed by atoms with Crippen LogP contribution in [0, 0.1) is 0 Å². The van der Waals surface area contributed by atoms with E-state index in [1.165, 1.54) is 4.90 Å². The Morgan fingerprint density at radius 1 is 1.07 bits per heavy atom. The summed E-state index contributed by atoms with van der Waals surface area (Å²) in [6.45, 7) is 3.00. The number of methoxy groups -OCH3 is 1. The van der Waals surface area contributed by atoms with Gasteiger partial charge in [-0.05, 0) is 52.2 Å². The molecule has 3 rings (SSSR count). The molecular weight excluding hydrogens is 478 g/mol. The topological polar surface area (TPSA) is 55.8 Å². The Balaban J connectivity index is 1.88. The molecule has 0 aromatic heterocycles. The Hall–Kier alpha value is -1.86. The highest BCUT2D eigenvalue weighted by Gasteiger charge is 2.37. The van der Waals surface area contributed by atoms with Crippen molar-refractivity contribution < 1.29 is 19.1 Å². The Bertz CT molecular complexity index is 898. The van der Waals surface area contributed by atoms with Gasteiger partial charge in [-0.3, -0.25) is 14.5 Å². The number of unbranched alkanes of at least 4 members (excludes halogenated alkanes) is 1. The molecular formula is C20H19Br2NO4. The molecule has 0 bridgehead atoms. The van der Waals surface area contributed by atoms with Crippen molar-refractivity contribution in [1.82, 2.24) is 0 Å². The number of anilines is 1. The van der Waals surface area contributed by atoms with Gasteiger partial charge in [0.05, 0.1) is 31.5 Å². The molecule has 0 saturated carbocycles. The summed E-state index contributed by atoms with van der Waals surface area (Å²) in [5, 5.41) is 0. The van der Waals surface area contributed by atoms with E-state index in [1.807, 2.05) is 24.3 Å². The van der Waals surface area contributed by atoms with Gasteiger partial charge in [0, 0.05) is 8.95 Å². The maximum absolute atomic E-state index is 12.5. The van der Waals surface area contributed by atoms with Crippen LogP contribution in [0.1, 0.15) is 35.7 Å². The number of carbonyl (C=O) groups is 2. The van der Waals surface area contributed by atoms with E-state index in [-0.39, 0.29) is 6.54 Å². The van der Waals surface area contributed by atoms with Gasteiger partial charge < -0.3 is 9.47 Å².